The van der Waals surface area contributed by atoms with Gasteiger partial charge in [-0.15, -0.1) is 0 Å². The first-order chi connectivity index (χ1) is 6.97. The van der Waals surface area contributed by atoms with Crippen LogP contribution in [-0.4, -0.2) is 28.6 Å². The number of aromatic carboxylic acids is 1. The van der Waals surface area contributed by atoms with Crippen molar-refractivity contribution in [3.8, 4) is 0 Å². The Morgan fingerprint density at radius 1 is 1.47 bits per heavy atom. The lowest BCUT2D eigenvalue weighted by Gasteiger charge is -2.04. The monoisotopic (exact) mass is 210 g/mol. The minimum absolute atomic E-state index is 0.101. The van der Waals surface area contributed by atoms with Gasteiger partial charge in [-0.3, -0.25) is 9.59 Å². The second kappa shape index (κ2) is 3.95. The van der Waals surface area contributed by atoms with Gasteiger partial charge < -0.3 is 15.0 Å². The Labute approximate surface area is 85.1 Å². The van der Waals surface area contributed by atoms with Crippen molar-refractivity contribution in [3.05, 3.63) is 33.7 Å². The molecule has 0 aliphatic carbocycles. The van der Waals surface area contributed by atoms with E-state index in [1.165, 1.54) is 14.1 Å². The van der Waals surface area contributed by atoms with Gasteiger partial charge in [-0.2, -0.15) is 0 Å². The van der Waals surface area contributed by atoms with Crippen molar-refractivity contribution in [2.24, 2.45) is 7.05 Å². The minimum atomic E-state index is -1.18. The molecule has 0 saturated carbocycles. The van der Waals surface area contributed by atoms with Crippen molar-refractivity contribution in [3.63, 3.8) is 0 Å². The number of nitrogens with one attached hydrogen (secondary N) is 1. The molecule has 0 aliphatic rings. The number of carboxylic acids is 1. The number of hydrogen-bond donors (Lipinski definition) is 2. The van der Waals surface area contributed by atoms with Gasteiger partial charge in [0.1, 0.15) is 5.56 Å². The normalized spacial score (nSPS) is 9.73. The van der Waals surface area contributed by atoms with Crippen molar-refractivity contribution >= 4 is 11.9 Å². The quantitative estimate of drug-likeness (QED) is 0.685. The smallest absolute Gasteiger partial charge is 0.337 e. The lowest BCUT2D eigenvalue weighted by molar-refractivity contribution is 0.0696. The molecule has 0 atom stereocenters. The number of hydrogen-bond acceptors (Lipinski definition) is 3. The number of carbonyl (C=O) groups is 2. The van der Waals surface area contributed by atoms with Crippen molar-refractivity contribution in [1.82, 2.24) is 9.88 Å². The second-order valence-electron chi connectivity index (χ2n) is 2.94. The molecule has 2 N–H and O–H groups in total. The predicted octanol–water partition coefficient (Wildman–Crippen LogP) is -0.557. The van der Waals surface area contributed by atoms with Gasteiger partial charge in [0.25, 0.3) is 11.5 Å². The first-order valence-corrected chi connectivity index (χ1v) is 4.13. The zero-order valence-corrected chi connectivity index (χ0v) is 8.27. The molecule has 0 aliphatic heterocycles. The van der Waals surface area contributed by atoms with E-state index >= 15 is 0 Å². The van der Waals surface area contributed by atoms with Crippen LogP contribution in [-0.2, 0) is 7.05 Å². The zero-order valence-electron chi connectivity index (χ0n) is 8.27. The van der Waals surface area contributed by atoms with Crippen molar-refractivity contribution in [2.75, 3.05) is 7.05 Å². The number of amides is 1. The molecule has 0 radical (unpaired) electrons. The Balaban J connectivity index is 3.44. The molecule has 0 bridgehead atoms. The highest BCUT2D eigenvalue weighted by Gasteiger charge is 2.14. The maximum atomic E-state index is 11.5. The van der Waals surface area contributed by atoms with Gasteiger partial charge in [-0.25, -0.2) is 4.79 Å². The van der Waals surface area contributed by atoms with Gasteiger partial charge in [-0.05, 0) is 6.07 Å². The summed E-state index contributed by atoms with van der Waals surface area (Å²) in [6, 6.07) is 1.06. The number of aryl methyl sites for hydroxylation is 1. The number of carboxylic acid groups (broad SMARTS) is 1. The van der Waals surface area contributed by atoms with Crippen LogP contribution in [0.3, 0.4) is 0 Å². The molecule has 0 unspecified atom stereocenters. The van der Waals surface area contributed by atoms with Crippen LogP contribution in [0.4, 0.5) is 0 Å². The van der Waals surface area contributed by atoms with Crippen LogP contribution < -0.4 is 10.9 Å². The molecule has 80 valence electrons. The highest BCUT2D eigenvalue weighted by Crippen LogP contribution is 2.00. The van der Waals surface area contributed by atoms with Gasteiger partial charge in [0.05, 0.1) is 5.56 Å². The van der Waals surface area contributed by atoms with Crippen LogP contribution >= 0.6 is 0 Å². The molecule has 0 saturated heterocycles. The topological polar surface area (TPSA) is 88.4 Å². The molecular formula is C9H10N2O4. The average Bonchev–Trinajstić information content (AvgIpc) is 2.20. The predicted molar refractivity (Wildman–Crippen MR) is 52.0 cm³/mol. The van der Waals surface area contributed by atoms with Crippen molar-refractivity contribution in [1.29, 1.82) is 0 Å². The van der Waals surface area contributed by atoms with Crippen LogP contribution in [0.25, 0.3) is 0 Å². The lowest BCUT2D eigenvalue weighted by Crippen LogP contribution is -2.30. The average molecular weight is 210 g/mol. The molecule has 1 heterocycles. The van der Waals surface area contributed by atoms with E-state index in [-0.39, 0.29) is 11.1 Å². The second-order valence-corrected chi connectivity index (χ2v) is 2.94. The molecule has 1 amide bonds. The number of nitrogens with zero attached hydrogens (tertiary/aromatic N) is 1. The fraction of sp³-hybridized carbons (Fsp3) is 0.222. The molecule has 15 heavy (non-hydrogen) atoms. The van der Waals surface area contributed by atoms with Crippen molar-refractivity contribution in [2.45, 2.75) is 0 Å². The summed E-state index contributed by atoms with van der Waals surface area (Å²) in [5.74, 6) is -1.78. The molecule has 0 spiro atoms. The van der Waals surface area contributed by atoms with Gasteiger partial charge in [0, 0.05) is 20.3 Å². The molecule has 6 heteroatoms. The van der Waals surface area contributed by atoms with Crippen LogP contribution in [0.1, 0.15) is 20.7 Å². The maximum absolute atomic E-state index is 11.5. The molecular weight excluding hydrogens is 200 g/mol. The lowest BCUT2D eigenvalue weighted by atomic mass is 10.2. The third-order valence-electron chi connectivity index (χ3n) is 1.90. The Morgan fingerprint density at radius 2 is 2.07 bits per heavy atom. The summed E-state index contributed by atoms with van der Waals surface area (Å²) in [4.78, 5) is 33.4. The van der Waals surface area contributed by atoms with Gasteiger partial charge in [-0.1, -0.05) is 0 Å². The minimum Gasteiger partial charge on any atom is -0.478 e. The standard InChI is InChI=1S/C9H10N2O4/c1-10-7(12)6-3-5(9(14)15)4-11(2)8(6)13/h3-4H,1-2H3,(H,10,12)(H,14,15). The van der Waals surface area contributed by atoms with E-state index in [9.17, 15) is 14.4 Å². The van der Waals surface area contributed by atoms with Crippen LogP contribution in [0.5, 0.6) is 0 Å². The largest absolute Gasteiger partial charge is 0.478 e. The summed E-state index contributed by atoms with van der Waals surface area (Å²) in [5.41, 5.74) is -0.810. The Morgan fingerprint density at radius 3 is 2.53 bits per heavy atom. The number of pyridine rings is 1. The maximum Gasteiger partial charge on any atom is 0.337 e. The molecule has 1 rings (SSSR count). The van der Waals surface area contributed by atoms with E-state index in [4.69, 9.17) is 5.11 Å². The zero-order chi connectivity index (χ0) is 11.6. The molecule has 1 aromatic rings. The van der Waals surface area contributed by atoms with E-state index in [0.29, 0.717) is 0 Å². The summed E-state index contributed by atoms with van der Waals surface area (Å²) < 4.78 is 1.06. The first-order valence-electron chi connectivity index (χ1n) is 4.13. The Bertz CT molecular complexity index is 475. The van der Waals surface area contributed by atoms with Gasteiger partial charge >= 0.3 is 5.97 Å². The summed E-state index contributed by atoms with van der Waals surface area (Å²) >= 11 is 0. The SMILES string of the molecule is CNC(=O)c1cc(C(=O)O)cn(C)c1=O. The highest BCUT2D eigenvalue weighted by molar-refractivity contribution is 5.96. The van der Waals surface area contributed by atoms with Gasteiger partial charge in [0.2, 0.25) is 0 Å². The van der Waals surface area contributed by atoms with E-state index in [0.717, 1.165) is 16.8 Å². The summed E-state index contributed by atoms with van der Waals surface area (Å²) in [6.07, 6.45) is 1.16. The third-order valence-corrected chi connectivity index (χ3v) is 1.90. The molecule has 6 nitrogen and oxygen atoms in total. The summed E-state index contributed by atoms with van der Waals surface area (Å²) in [5, 5.41) is 11.0. The Kier molecular flexibility index (Phi) is 2.89. The number of rotatable bonds is 2. The summed E-state index contributed by atoms with van der Waals surface area (Å²) in [6.45, 7) is 0. The third kappa shape index (κ3) is 2.04. The molecule has 1 aromatic heterocycles. The Hall–Kier alpha value is -2.11. The number of aromatic nitrogens is 1. The number of carbonyl (C=O) groups excluding carboxylic acids is 1. The summed E-state index contributed by atoms with van der Waals surface area (Å²) in [7, 11) is 2.76. The van der Waals surface area contributed by atoms with Gasteiger partial charge in [0.15, 0.2) is 0 Å². The molecule has 0 fully saturated rings. The van der Waals surface area contributed by atoms with Crippen LogP contribution in [0.2, 0.25) is 0 Å². The van der Waals surface area contributed by atoms with Crippen LogP contribution in [0.15, 0.2) is 17.1 Å². The van der Waals surface area contributed by atoms with Crippen molar-refractivity contribution < 1.29 is 14.7 Å². The van der Waals surface area contributed by atoms with Crippen LogP contribution in [0, 0.1) is 0 Å². The van der Waals surface area contributed by atoms with E-state index in [1.807, 2.05) is 0 Å². The van der Waals surface area contributed by atoms with E-state index < -0.39 is 17.4 Å². The first kappa shape index (κ1) is 11.0. The van der Waals surface area contributed by atoms with E-state index in [2.05, 4.69) is 5.32 Å². The highest BCUT2D eigenvalue weighted by atomic mass is 16.4. The fourth-order valence-corrected chi connectivity index (χ4v) is 1.13. The van der Waals surface area contributed by atoms with E-state index in [1.54, 1.807) is 0 Å². The fourth-order valence-electron chi connectivity index (χ4n) is 1.13. The molecule has 0 aromatic carbocycles.